The summed E-state index contributed by atoms with van der Waals surface area (Å²) in [4.78, 5) is 16.7. The van der Waals surface area contributed by atoms with Gasteiger partial charge in [-0.2, -0.15) is 0 Å². The van der Waals surface area contributed by atoms with Crippen LogP contribution in [0.3, 0.4) is 0 Å². The second-order valence-electron chi connectivity index (χ2n) is 6.35. The van der Waals surface area contributed by atoms with Crippen molar-refractivity contribution in [2.75, 3.05) is 32.9 Å². The van der Waals surface area contributed by atoms with Gasteiger partial charge in [-0.1, -0.05) is 19.1 Å². The maximum absolute atomic E-state index is 12.4. The van der Waals surface area contributed by atoms with Crippen molar-refractivity contribution in [2.24, 2.45) is 0 Å². The Bertz CT molecular complexity index is 461. The molecule has 1 aromatic carbocycles. The number of nitrogen functional groups attached to an aromatic ring is 1. The Kier molecular flexibility index (Phi) is 5.23. The molecule has 0 spiro atoms. The number of nitrogens with two attached hydrogens (primary N) is 1. The van der Waals surface area contributed by atoms with Gasteiger partial charge in [-0.15, -0.1) is 0 Å². The first-order chi connectivity index (χ1) is 9.97. The molecule has 1 heterocycles. The Morgan fingerprint density at radius 3 is 2.38 bits per heavy atom. The molecule has 1 aliphatic heterocycles. The lowest BCUT2D eigenvalue weighted by molar-refractivity contribution is -0.133. The Morgan fingerprint density at radius 2 is 1.86 bits per heavy atom. The highest BCUT2D eigenvalue weighted by molar-refractivity contribution is 5.77. The zero-order valence-electron chi connectivity index (χ0n) is 13.4. The number of carbonyl (C=O) groups excluding carboxylic acids is 1. The van der Waals surface area contributed by atoms with Gasteiger partial charge in [0.25, 0.3) is 0 Å². The predicted molar refractivity (Wildman–Crippen MR) is 87.2 cm³/mol. The Morgan fingerprint density at radius 1 is 1.29 bits per heavy atom. The van der Waals surface area contributed by atoms with Crippen LogP contribution in [0.1, 0.15) is 37.7 Å². The first-order valence-corrected chi connectivity index (χ1v) is 7.77. The summed E-state index contributed by atoms with van der Waals surface area (Å²) in [6, 6.07) is 8.46. The Hall–Kier alpha value is -1.55. The summed E-state index contributed by atoms with van der Waals surface area (Å²) < 4.78 is 0. The molecule has 4 heteroatoms. The van der Waals surface area contributed by atoms with Crippen LogP contribution in [0.15, 0.2) is 24.3 Å². The summed E-state index contributed by atoms with van der Waals surface area (Å²) in [5, 5.41) is 0. The number of likely N-dealkylation sites (tertiary alicyclic amines) is 1. The lowest BCUT2D eigenvalue weighted by atomic mass is 9.96. The van der Waals surface area contributed by atoms with Gasteiger partial charge in [0.2, 0.25) is 5.91 Å². The van der Waals surface area contributed by atoms with Crippen LogP contribution in [0.2, 0.25) is 0 Å². The third kappa shape index (κ3) is 4.21. The van der Waals surface area contributed by atoms with Crippen molar-refractivity contribution in [1.82, 2.24) is 9.80 Å². The van der Waals surface area contributed by atoms with E-state index in [0.29, 0.717) is 12.5 Å². The fourth-order valence-electron chi connectivity index (χ4n) is 2.97. The summed E-state index contributed by atoms with van der Waals surface area (Å²) in [5.74, 6) is 0.515. The number of benzene rings is 1. The molecule has 2 N–H and O–H groups in total. The molecule has 0 bridgehead atoms. The Labute approximate surface area is 127 Å². The van der Waals surface area contributed by atoms with E-state index >= 15 is 0 Å². The third-order valence-electron chi connectivity index (χ3n) is 4.53. The van der Waals surface area contributed by atoms with Crippen molar-refractivity contribution in [3.8, 4) is 0 Å². The molecule has 116 valence electrons. The van der Waals surface area contributed by atoms with Gasteiger partial charge in [0.05, 0.1) is 0 Å². The van der Waals surface area contributed by atoms with E-state index in [1.165, 1.54) is 5.56 Å². The average Bonchev–Trinajstić information content (AvgIpc) is 2.47. The van der Waals surface area contributed by atoms with Gasteiger partial charge in [0.15, 0.2) is 0 Å². The molecule has 1 unspecified atom stereocenters. The first-order valence-electron chi connectivity index (χ1n) is 7.77. The molecule has 2 rings (SSSR count). The number of rotatable bonds is 4. The zero-order valence-corrected chi connectivity index (χ0v) is 13.4. The topological polar surface area (TPSA) is 49.6 Å². The highest BCUT2D eigenvalue weighted by Gasteiger charge is 2.24. The molecule has 21 heavy (non-hydrogen) atoms. The minimum atomic E-state index is 0.240. The molecule has 0 aliphatic carbocycles. The van der Waals surface area contributed by atoms with Crippen LogP contribution < -0.4 is 5.73 Å². The fourth-order valence-corrected chi connectivity index (χ4v) is 2.97. The highest BCUT2D eigenvalue weighted by Crippen LogP contribution is 2.22. The van der Waals surface area contributed by atoms with Crippen LogP contribution in [0.5, 0.6) is 0 Å². The Balaban J connectivity index is 1.86. The van der Waals surface area contributed by atoms with Crippen LogP contribution in [0.4, 0.5) is 5.69 Å². The summed E-state index contributed by atoms with van der Waals surface area (Å²) in [6.45, 7) is 3.88. The summed E-state index contributed by atoms with van der Waals surface area (Å²) in [6.07, 6.45) is 2.74. The van der Waals surface area contributed by atoms with E-state index in [4.69, 9.17) is 5.73 Å². The largest absolute Gasteiger partial charge is 0.399 e. The van der Waals surface area contributed by atoms with Crippen LogP contribution in [-0.4, -0.2) is 48.9 Å². The SMILES string of the molecule is CC(CC(=O)N1CCC(N(C)C)CC1)c1ccc(N)cc1. The van der Waals surface area contributed by atoms with E-state index in [1.807, 2.05) is 29.2 Å². The maximum atomic E-state index is 12.4. The lowest BCUT2D eigenvalue weighted by Gasteiger charge is -2.35. The van der Waals surface area contributed by atoms with Crippen LogP contribution in [0.25, 0.3) is 0 Å². The standard InChI is InChI=1S/C17H27N3O/c1-13(14-4-6-15(18)7-5-14)12-17(21)20-10-8-16(9-11-20)19(2)3/h4-7,13,16H,8-12,18H2,1-3H3. The number of amides is 1. The number of hydrogen-bond acceptors (Lipinski definition) is 3. The number of carbonyl (C=O) groups is 1. The van der Waals surface area contributed by atoms with Crippen molar-refractivity contribution in [3.05, 3.63) is 29.8 Å². The first kappa shape index (κ1) is 15.8. The van der Waals surface area contributed by atoms with Gasteiger partial charge in [-0.25, -0.2) is 0 Å². The molecule has 0 radical (unpaired) electrons. The van der Waals surface area contributed by atoms with Gasteiger partial charge in [-0.05, 0) is 50.6 Å². The average molecular weight is 289 g/mol. The zero-order chi connectivity index (χ0) is 15.4. The van der Waals surface area contributed by atoms with E-state index < -0.39 is 0 Å². The van der Waals surface area contributed by atoms with Crippen LogP contribution in [-0.2, 0) is 4.79 Å². The van der Waals surface area contributed by atoms with Crippen molar-refractivity contribution in [1.29, 1.82) is 0 Å². The molecule has 0 saturated carbocycles. The summed E-state index contributed by atoms with van der Waals surface area (Å²) in [7, 11) is 4.23. The predicted octanol–water partition coefficient (Wildman–Crippen LogP) is 2.32. The summed E-state index contributed by atoms with van der Waals surface area (Å²) in [5.41, 5.74) is 7.65. The molecular weight excluding hydrogens is 262 g/mol. The van der Waals surface area contributed by atoms with Gasteiger partial charge in [0.1, 0.15) is 0 Å². The molecule has 1 amide bonds. The monoisotopic (exact) mass is 289 g/mol. The van der Waals surface area contributed by atoms with Gasteiger partial charge < -0.3 is 15.5 Å². The highest BCUT2D eigenvalue weighted by atomic mass is 16.2. The second kappa shape index (κ2) is 6.94. The molecule has 1 atom stereocenters. The molecular formula is C17H27N3O. The van der Waals surface area contributed by atoms with Crippen molar-refractivity contribution in [3.63, 3.8) is 0 Å². The van der Waals surface area contributed by atoms with E-state index in [0.717, 1.165) is 31.6 Å². The van der Waals surface area contributed by atoms with Gasteiger partial charge >= 0.3 is 0 Å². The van der Waals surface area contributed by atoms with E-state index in [2.05, 4.69) is 25.9 Å². The van der Waals surface area contributed by atoms with E-state index in [-0.39, 0.29) is 11.8 Å². The van der Waals surface area contributed by atoms with Crippen molar-refractivity contribution < 1.29 is 4.79 Å². The fraction of sp³-hybridized carbons (Fsp3) is 0.588. The normalized spacial score (nSPS) is 18.0. The van der Waals surface area contributed by atoms with Crippen molar-refractivity contribution >= 4 is 11.6 Å². The molecule has 0 aromatic heterocycles. The van der Waals surface area contributed by atoms with Gasteiger partial charge in [0, 0.05) is 31.2 Å². The molecule has 1 fully saturated rings. The molecule has 4 nitrogen and oxygen atoms in total. The minimum absolute atomic E-state index is 0.240. The number of nitrogens with zero attached hydrogens (tertiary/aromatic N) is 2. The van der Waals surface area contributed by atoms with Crippen LogP contribution in [0, 0.1) is 0 Å². The number of anilines is 1. The summed E-state index contributed by atoms with van der Waals surface area (Å²) >= 11 is 0. The third-order valence-corrected chi connectivity index (χ3v) is 4.53. The van der Waals surface area contributed by atoms with Crippen molar-refractivity contribution in [2.45, 2.75) is 38.1 Å². The van der Waals surface area contributed by atoms with Crippen LogP contribution >= 0.6 is 0 Å². The minimum Gasteiger partial charge on any atom is -0.399 e. The number of hydrogen-bond donors (Lipinski definition) is 1. The molecule has 1 aliphatic rings. The van der Waals surface area contributed by atoms with Gasteiger partial charge in [-0.3, -0.25) is 4.79 Å². The quantitative estimate of drug-likeness (QED) is 0.865. The number of piperidine rings is 1. The second-order valence-corrected chi connectivity index (χ2v) is 6.35. The molecule has 1 aromatic rings. The van der Waals surface area contributed by atoms with E-state index in [9.17, 15) is 4.79 Å². The lowest BCUT2D eigenvalue weighted by Crippen LogP contribution is -2.44. The van der Waals surface area contributed by atoms with E-state index in [1.54, 1.807) is 0 Å². The smallest absolute Gasteiger partial charge is 0.223 e. The molecule has 1 saturated heterocycles. The maximum Gasteiger partial charge on any atom is 0.223 e.